The third-order valence-electron chi connectivity index (χ3n) is 2.37. The molecule has 0 radical (unpaired) electrons. The molecule has 17 heavy (non-hydrogen) atoms. The normalized spacial score (nSPS) is 10.6. The van der Waals surface area contributed by atoms with Crippen molar-refractivity contribution in [1.82, 2.24) is 15.0 Å². The van der Waals surface area contributed by atoms with Crippen LogP contribution in [0.25, 0.3) is 16.3 Å². The van der Waals surface area contributed by atoms with Gasteiger partial charge >= 0.3 is 0 Å². The van der Waals surface area contributed by atoms with E-state index in [9.17, 15) is 0 Å². The second-order valence-electron chi connectivity index (χ2n) is 3.48. The minimum absolute atomic E-state index is 0.916. The van der Waals surface area contributed by atoms with Crippen LogP contribution in [0.5, 0.6) is 0 Å². The Hall–Kier alpha value is -1.21. The fraction of sp³-hybridized carbons (Fsp3) is 0. The van der Waals surface area contributed by atoms with Gasteiger partial charge in [0.15, 0.2) is 0 Å². The molecule has 0 aliphatic carbocycles. The predicted octanol–water partition coefficient (Wildman–Crippen LogP) is 3.60. The Morgan fingerprint density at radius 3 is 2.76 bits per heavy atom. The van der Waals surface area contributed by atoms with E-state index in [1.54, 1.807) is 11.3 Å². The number of para-hydroxylation sites is 1. The van der Waals surface area contributed by atoms with E-state index in [0.717, 1.165) is 19.8 Å². The summed E-state index contributed by atoms with van der Waals surface area (Å²) in [5.41, 5.74) is 1.98. The standard InChI is InChI=1S/C12H8IN3S/c13-9-4-1-2-5-11(9)16-8-10(14-15-16)12-6-3-7-17-12/h1-8H. The molecule has 3 aromatic rings. The zero-order chi connectivity index (χ0) is 11.7. The van der Waals surface area contributed by atoms with Gasteiger partial charge in [0.2, 0.25) is 0 Å². The maximum absolute atomic E-state index is 4.20. The number of thiophene rings is 1. The van der Waals surface area contributed by atoms with E-state index < -0.39 is 0 Å². The number of hydrogen-bond donors (Lipinski definition) is 0. The lowest BCUT2D eigenvalue weighted by Gasteiger charge is -2.01. The van der Waals surface area contributed by atoms with E-state index in [0.29, 0.717) is 0 Å². The summed E-state index contributed by atoms with van der Waals surface area (Å²) in [5.74, 6) is 0. The first kappa shape index (κ1) is 10.9. The number of rotatable bonds is 2. The van der Waals surface area contributed by atoms with E-state index >= 15 is 0 Å². The molecule has 0 bridgehead atoms. The first-order valence-electron chi connectivity index (χ1n) is 5.06. The van der Waals surface area contributed by atoms with E-state index in [1.807, 2.05) is 40.5 Å². The number of benzene rings is 1. The Morgan fingerprint density at radius 2 is 2.00 bits per heavy atom. The monoisotopic (exact) mass is 353 g/mol. The van der Waals surface area contributed by atoms with Crippen molar-refractivity contribution in [3.63, 3.8) is 0 Å². The summed E-state index contributed by atoms with van der Waals surface area (Å²) in [6, 6.07) is 12.2. The number of hydrogen-bond acceptors (Lipinski definition) is 3. The van der Waals surface area contributed by atoms with Gasteiger partial charge in [0, 0.05) is 3.57 Å². The number of nitrogens with zero attached hydrogens (tertiary/aromatic N) is 3. The molecule has 0 amide bonds. The van der Waals surface area contributed by atoms with Crippen LogP contribution in [0, 0.1) is 3.57 Å². The Labute approximate surface area is 116 Å². The van der Waals surface area contributed by atoms with Crippen molar-refractivity contribution in [3.8, 4) is 16.3 Å². The van der Waals surface area contributed by atoms with E-state index in [2.05, 4.69) is 45.0 Å². The molecule has 0 saturated heterocycles. The van der Waals surface area contributed by atoms with Crippen molar-refractivity contribution in [2.24, 2.45) is 0 Å². The molecule has 3 nitrogen and oxygen atoms in total. The van der Waals surface area contributed by atoms with Gasteiger partial charge in [-0.2, -0.15) is 0 Å². The lowest BCUT2D eigenvalue weighted by Crippen LogP contribution is -1.96. The molecule has 2 heterocycles. The lowest BCUT2D eigenvalue weighted by molar-refractivity contribution is 0.801. The molecular weight excluding hydrogens is 345 g/mol. The average molecular weight is 353 g/mol. The van der Waals surface area contributed by atoms with Gasteiger partial charge in [0.25, 0.3) is 0 Å². The topological polar surface area (TPSA) is 30.7 Å². The maximum atomic E-state index is 4.20. The van der Waals surface area contributed by atoms with Crippen LogP contribution in [0.15, 0.2) is 48.0 Å². The van der Waals surface area contributed by atoms with Crippen LogP contribution >= 0.6 is 33.9 Å². The van der Waals surface area contributed by atoms with Gasteiger partial charge in [-0.05, 0) is 46.2 Å². The van der Waals surface area contributed by atoms with Gasteiger partial charge in [-0.15, -0.1) is 16.4 Å². The Kier molecular flexibility index (Phi) is 2.94. The summed E-state index contributed by atoms with van der Waals surface area (Å²) in [6.07, 6.45) is 1.96. The highest BCUT2D eigenvalue weighted by Crippen LogP contribution is 2.23. The minimum Gasteiger partial charge on any atom is -0.219 e. The molecule has 0 fully saturated rings. The van der Waals surface area contributed by atoms with Crippen LogP contribution in [0.2, 0.25) is 0 Å². The van der Waals surface area contributed by atoms with Crippen LogP contribution in [0.4, 0.5) is 0 Å². The Balaban J connectivity index is 2.04. The van der Waals surface area contributed by atoms with E-state index in [4.69, 9.17) is 0 Å². The third-order valence-corrected chi connectivity index (χ3v) is 4.17. The molecule has 0 N–H and O–H groups in total. The second-order valence-corrected chi connectivity index (χ2v) is 5.59. The smallest absolute Gasteiger partial charge is 0.123 e. The molecule has 0 aliphatic heterocycles. The lowest BCUT2D eigenvalue weighted by atomic mass is 10.3. The second kappa shape index (κ2) is 4.58. The summed E-state index contributed by atoms with van der Waals surface area (Å²) in [7, 11) is 0. The molecule has 0 saturated carbocycles. The number of aromatic nitrogens is 3. The van der Waals surface area contributed by atoms with Gasteiger partial charge in [-0.3, -0.25) is 0 Å². The summed E-state index contributed by atoms with van der Waals surface area (Å²) in [5, 5.41) is 10.4. The quantitative estimate of drug-likeness (QED) is 0.659. The summed E-state index contributed by atoms with van der Waals surface area (Å²) in [4.78, 5) is 1.14. The molecule has 0 unspecified atom stereocenters. The van der Waals surface area contributed by atoms with Crippen LogP contribution in [0.3, 0.4) is 0 Å². The fourth-order valence-corrected chi connectivity index (χ4v) is 2.87. The molecule has 84 valence electrons. The van der Waals surface area contributed by atoms with Crippen LogP contribution in [-0.4, -0.2) is 15.0 Å². The Bertz CT molecular complexity index is 631. The van der Waals surface area contributed by atoms with Gasteiger partial charge < -0.3 is 0 Å². The zero-order valence-electron chi connectivity index (χ0n) is 8.75. The van der Waals surface area contributed by atoms with E-state index in [-0.39, 0.29) is 0 Å². The molecule has 5 heteroatoms. The molecule has 1 aromatic carbocycles. The molecule has 0 aliphatic rings. The van der Waals surface area contributed by atoms with Crippen molar-refractivity contribution < 1.29 is 0 Å². The third kappa shape index (κ3) is 2.12. The largest absolute Gasteiger partial charge is 0.219 e. The summed E-state index contributed by atoms with van der Waals surface area (Å²) in [6.45, 7) is 0. The minimum atomic E-state index is 0.916. The van der Waals surface area contributed by atoms with Crippen LogP contribution in [-0.2, 0) is 0 Å². The summed E-state index contributed by atoms with van der Waals surface area (Å²) < 4.78 is 2.98. The fourth-order valence-electron chi connectivity index (χ4n) is 1.56. The highest BCUT2D eigenvalue weighted by Gasteiger charge is 2.07. The van der Waals surface area contributed by atoms with Crippen molar-refractivity contribution in [1.29, 1.82) is 0 Å². The van der Waals surface area contributed by atoms with Crippen LogP contribution in [0.1, 0.15) is 0 Å². The molecule has 2 aromatic heterocycles. The maximum Gasteiger partial charge on any atom is 0.123 e. The van der Waals surface area contributed by atoms with Gasteiger partial charge in [-0.25, -0.2) is 4.68 Å². The highest BCUT2D eigenvalue weighted by atomic mass is 127. The molecule has 0 spiro atoms. The van der Waals surface area contributed by atoms with Gasteiger partial charge in [-0.1, -0.05) is 23.4 Å². The van der Waals surface area contributed by atoms with Crippen molar-refractivity contribution in [2.75, 3.05) is 0 Å². The SMILES string of the molecule is Ic1ccccc1-n1cc(-c2cccs2)nn1. The Morgan fingerprint density at radius 1 is 1.12 bits per heavy atom. The first-order chi connectivity index (χ1) is 8.34. The van der Waals surface area contributed by atoms with E-state index in [1.165, 1.54) is 0 Å². The molecule has 0 atom stereocenters. The average Bonchev–Trinajstić information content (AvgIpc) is 3.00. The zero-order valence-corrected chi connectivity index (χ0v) is 11.7. The first-order valence-corrected chi connectivity index (χ1v) is 7.01. The van der Waals surface area contributed by atoms with Gasteiger partial charge in [0.1, 0.15) is 5.69 Å². The highest BCUT2D eigenvalue weighted by molar-refractivity contribution is 14.1. The van der Waals surface area contributed by atoms with Gasteiger partial charge in [0.05, 0.1) is 16.8 Å². The summed E-state index contributed by atoms with van der Waals surface area (Å²) >= 11 is 3.97. The van der Waals surface area contributed by atoms with Crippen molar-refractivity contribution in [2.45, 2.75) is 0 Å². The van der Waals surface area contributed by atoms with Crippen molar-refractivity contribution >= 4 is 33.9 Å². The molecule has 3 rings (SSSR count). The van der Waals surface area contributed by atoms with Crippen LogP contribution < -0.4 is 0 Å². The molecular formula is C12H8IN3S. The van der Waals surface area contributed by atoms with Crippen molar-refractivity contribution in [3.05, 3.63) is 51.5 Å². The predicted molar refractivity (Wildman–Crippen MR) is 77.4 cm³/mol. The number of halogens is 1.